The topological polar surface area (TPSA) is 82.5 Å². The summed E-state index contributed by atoms with van der Waals surface area (Å²) in [6.45, 7) is 2.04. The predicted octanol–water partition coefficient (Wildman–Crippen LogP) is 1.68. The summed E-state index contributed by atoms with van der Waals surface area (Å²) >= 11 is 1.65. The van der Waals surface area contributed by atoms with Crippen LogP contribution in [0.1, 0.15) is 4.88 Å². The maximum atomic E-state index is 5.72. The zero-order valence-electron chi connectivity index (χ0n) is 9.61. The van der Waals surface area contributed by atoms with E-state index in [9.17, 15) is 0 Å². The lowest BCUT2D eigenvalue weighted by atomic mass is 10.3. The molecule has 3 aromatic heterocycles. The second kappa shape index (κ2) is 4.19. The molecule has 18 heavy (non-hydrogen) atoms. The van der Waals surface area contributed by atoms with Crippen LogP contribution >= 0.6 is 11.3 Å². The molecular formula is C11H10N6S. The summed E-state index contributed by atoms with van der Waals surface area (Å²) in [7, 11) is 0. The summed E-state index contributed by atoms with van der Waals surface area (Å²) in [5, 5.41) is 2.00. The predicted molar refractivity (Wildman–Crippen MR) is 69.4 cm³/mol. The van der Waals surface area contributed by atoms with Crippen molar-refractivity contribution >= 4 is 17.3 Å². The first-order valence-corrected chi connectivity index (χ1v) is 6.16. The van der Waals surface area contributed by atoms with Crippen LogP contribution in [0.25, 0.3) is 17.3 Å². The number of nitrogens with two attached hydrogens (primary N) is 1. The van der Waals surface area contributed by atoms with Crippen LogP contribution in [-0.2, 0) is 0 Å². The Morgan fingerprint density at radius 3 is 2.83 bits per heavy atom. The van der Waals surface area contributed by atoms with Gasteiger partial charge in [0.25, 0.3) is 0 Å². The maximum Gasteiger partial charge on any atom is 0.240 e. The molecule has 7 heteroatoms. The van der Waals surface area contributed by atoms with Crippen LogP contribution in [0.5, 0.6) is 0 Å². The maximum absolute atomic E-state index is 5.72. The van der Waals surface area contributed by atoms with Gasteiger partial charge in [-0.25, -0.2) is 4.98 Å². The SMILES string of the molecule is Cc1cc(-c2nc(N)nc(-n3ccnc3)n2)cs1. The van der Waals surface area contributed by atoms with Crippen molar-refractivity contribution in [1.29, 1.82) is 0 Å². The molecule has 0 aliphatic heterocycles. The van der Waals surface area contributed by atoms with Gasteiger partial charge in [-0.2, -0.15) is 15.0 Å². The normalized spacial score (nSPS) is 10.7. The van der Waals surface area contributed by atoms with Crippen molar-refractivity contribution in [2.45, 2.75) is 6.92 Å². The molecule has 0 saturated carbocycles. The van der Waals surface area contributed by atoms with Gasteiger partial charge in [0.1, 0.15) is 6.33 Å². The average molecular weight is 258 g/mol. The minimum atomic E-state index is 0.201. The highest BCUT2D eigenvalue weighted by Crippen LogP contribution is 2.22. The van der Waals surface area contributed by atoms with Crippen molar-refractivity contribution < 1.29 is 0 Å². The zero-order chi connectivity index (χ0) is 12.5. The van der Waals surface area contributed by atoms with Crippen molar-refractivity contribution in [2.75, 3.05) is 5.73 Å². The molecule has 3 heterocycles. The van der Waals surface area contributed by atoms with Crippen LogP contribution in [0, 0.1) is 6.92 Å². The average Bonchev–Trinajstić information content (AvgIpc) is 2.98. The minimum absolute atomic E-state index is 0.201. The van der Waals surface area contributed by atoms with E-state index in [1.165, 1.54) is 4.88 Å². The molecule has 3 rings (SSSR count). The number of aromatic nitrogens is 5. The van der Waals surface area contributed by atoms with Crippen molar-refractivity contribution in [3.8, 4) is 17.3 Å². The number of hydrogen-bond acceptors (Lipinski definition) is 6. The largest absolute Gasteiger partial charge is 0.368 e. The van der Waals surface area contributed by atoms with Gasteiger partial charge in [-0.15, -0.1) is 11.3 Å². The lowest BCUT2D eigenvalue weighted by Gasteiger charge is -2.03. The molecule has 0 aliphatic carbocycles. The molecule has 6 nitrogen and oxygen atoms in total. The second-order valence-corrected chi connectivity index (χ2v) is 4.85. The number of anilines is 1. The van der Waals surface area contributed by atoms with Crippen LogP contribution in [0.3, 0.4) is 0 Å². The third kappa shape index (κ3) is 1.95. The standard InChI is InChI=1S/C11H10N6S/c1-7-4-8(5-18-7)9-14-10(12)16-11(15-9)17-3-2-13-6-17/h2-6H,1H3,(H2,12,14,15,16). The molecule has 0 saturated heterocycles. The van der Waals surface area contributed by atoms with E-state index in [0.29, 0.717) is 11.8 Å². The first-order chi connectivity index (χ1) is 8.72. The minimum Gasteiger partial charge on any atom is -0.368 e. The van der Waals surface area contributed by atoms with Gasteiger partial charge in [0.05, 0.1) is 0 Å². The molecule has 0 unspecified atom stereocenters. The Balaban J connectivity index is 2.11. The number of hydrogen-bond donors (Lipinski definition) is 1. The first-order valence-electron chi connectivity index (χ1n) is 5.28. The Bertz CT molecular complexity index is 673. The van der Waals surface area contributed by atoms with Crippen LogP contribution in [-0.4, -0.2) is 24.5 Å². The lowest BCUT2D eigenvalue weighted by Crippen LogP contribution is -2.06. The summed E-state index contributed by atoms with van der Waals surface area (Å²) < 4.78 is 1.70. The molecule has 0 radical (unpaired) electrons. The van der Waals surface area contributed by atoms with Crippen LogP contribution in [0.15, 0.2) is 30.2 Å². The number of nitrogens with zero attached hydrogens (tertiary/aromatic N) is 5. The molecule has 0 spiro atoms. The Morgan fingerprint density at radius 1 is 1.28 bits per heavy atom. The Morgan fingerprint density at radius 2 is 2.17 bits per heavy atom. The molecule has 2 N–H and O–H groups in total. The van der Waals surface area contributed by atoms with Crippen LogP contribution < -0.4 is 5.73 Å². The Labute approximate surface area is 107 Å². The Kier molecular flexibility index (Phi) is 2.52. The number of aryl methyl sites for hydroxylation is 1. The van der Waals surface area contributed by atoms with Gasteiger partial charge >= 0.3 is 0 Å². The van der Waals surface area contributed by atoms with Crippen LogP contribution in [0.4, 0.5) is 5.95 Å². The molecule has 0 fully saturated rings. The molecule has 3 aromatic rings. The van der Waals surface area contributed by atoms with Gasteiger partial charge in [0, 0.05) is 28.2 Å². The fourth-order valence-corrected chi connectivity index (χ4v) is 2.24. The fraction of sp³-hybridized carbons (Fsp3) is 0.0909. The van der Waals surface area contributed by atoms with E-state index >= 15 is 0 Å². The van der Waals surface area contributed by atoms with Gasteiger partial charge in [0.15, 0.2) is 5.82 Å². The van der Waals surface area contributed by atoms with E-state index < -0.39 is 0 Å². The van der Waals surface area contributed by atoms with Gasteiger partial charge < -0.3 is 5.73 Å². The van der Waals surface area contributed by atoms with Crippen molar-refractivity contribution in [2.24, 2.45) is 0 Å². The number of nitrogen functional groups attached to an aromatic ring is 1. The molecule has 0 aliphatic rings. The van der Waals surface area contributed by atoms with E-state index in [1.54, 1.807) is 34.6 Å². The third-order valence-electron chi connectivity index (χ3n) is 2.36. The molecule has 0 aromatic carbocycles. The molecule has 0 bridgehead atoms. The van der Waals surface area contributed by atoms with Gasteiger partial charge in [-0.05, 0) is 13.0 Å². The highest BCUT2D eigenvalue weighted by Gasteiger charge is 2.09. The van der Waals surface area contributed by atoms with Gasteiger partial charge in [0.2, 0.25) is 11.9 Å². The van der Waals surface area contributed by atoms with E-state index in [4.69, 9.17) is 5.73 Å². The van der Waals surface area contributed by atoms with E-state index in [1.807, 2.05) is 18.4 Å². The summed E-state index contributed by atoms with van der Waals surface area (Å²) in [5.74, 6) is 1.25. The quantitative estimate of drug-likeness (QED) is 0.756. The summed E-state index contributed by atoms with van der Waals surface area (Å²) in [4.78, 5) is 17.8. The second-order valence-electron chi connectivity index (χ2n) is 3.73. The zero-order valence-corrected chi connectivity index (χ0v) is 10.4. The van der Waals surface area contributed by atoms with Crippen molar-refractivity contribution in [3.05, 3.63) is 35.0 Å². The Hall–Kier alpha value is -2.28. The van der Waals surface area contributed by atoms with E-state index in [0.717, 1.165) is 5.56 Å². The molecule has 0 amide bonds. The van der Waals surface area contributed by atoms with Crippen LogP contribution in [0.2, 0.25) is 0 Å². The molecule has 90 valence electrons. The van der Waals surface area contributed by atoms with E-state index in [2.05, 4.69) is 19.9 Å². The van der Waals surface area contributed by atoms with Crippen molar-refractivity contribution in [3.63, 3.8) is 0 Å². The molecular weight excluding hydrogens is 248 g/mol. The summed E-state index contributed by atoms with van der Waals surface area (Å²) in [6, 6.07) is 2.02. The smallest absolute Gasteiger partial charge is 0.240 e. The summed E-state index contributed by atoms with van der Waals surface area (Å²) in [5.41, 5.74) is 6.67. The monoisotopic (exact) mass is 258 g/mol. The van der Waals surface area contributed by atoms with Crippen molar-refractivity contribution in [1.82, 2.24) is 24.5 Å². The highest BCUT2D eigenvalue weighted by atomic mass is 32.1. The number of thiophene rings is 1. The highest BCUT2D eigenvalue weighted by molar-refractivity contribution is 7.10. The van der Waals surface area contributed by atoms with Gasteiger partial charge in [-0.1, -0.05) is 0 Å². The third-order valence-corrected chi connectivity index (χ3v) is 3.23. The molecule has 0 atom stereocenters. The van der Waals surface area contributed by atoms with Gasteiger partial charge in [-0.3, -0.25) is 4.57 Å². The first kappa shape index (κ1) is 10.8. The lowest BCUT2D eigenvalue weighted by molar-refractivity contribution is 0.907. The fourth-order valence-electron chi connectivity index (χ4n) is 1.56. The number of imidazole rings is 1. The number of rotatable bonds is 2. The summed E-state index contributed by atoms with van der Waals surface area (Å²) in [6.07, 6.45) is 5.04. The van der Waals surface area contributed by atoms with E-state index in [-0.39, 0.29) is 5.95 Å².